The molecule has 0 spiro atoms. The maximum Gasteiger partial charge on any atom is 0.267 e. The Morgan fingerprint density at radius 1 is 1.02 bits per heavy atom. The first kappa shape index (κ1) is 30.4. The summed E-state index contributed by atoms with van der Waals surface area (Å²) in [4.78, 5) is 40.4. The second-order valence-corrected chi connectivity index (χ2v) is 10.3. The van der Waals surface area contributed by atoms with Crippen LogP contribution in [0.3, 0.4) is 0 Å². The molecule has 1 fully saturated rings. The van der Waals surface area contributed by atoms with Gasteiger partial charge < -0.3 is 30.5 Å². The van der Waals surface area contributed by atoms with Crippen molar-refractivity contribution in [3.05, 3.63) is 95.1 Å². The molecular weight excluding hydrogens is 548 g/mol. The van der Waals surface area contributed by atoms with E-state index in [2.05, 4.69) is 10.6 Å². The van der Waals surface area contributed by atoms with Crippen LogP contribution in [0.25, 0.3) is 0 Å². The molecule has 9 nitrogen and oxygen atoms in total. The van der Waals surface area contributed by atoms with Gasteiger partial charge >= 0.3 is 0 Å². The van der Waals surface area contributed by atoms with Gasteiger partial charge in [0.05, 0.1) is 19.7 Å². The van der Waals surface area contributed by atoms with Gasteiger partial charge in [-0.2, -0.15) is 0 Å². The summed E-state index contributed by atoms with van der Waals surface area (Å²) < 4.78 is 34.3. The third-order valence-electron chi connectivity index (χ3n) is 7.28. The summed E-state index contributed by atoms with van der Waals surface area (Å²) in [6, 6.07) is 17.1. The van der Waals surface area contributed by atoms with Gasteiger partial charge in [-0.05, 0) is 48.7 Å². The molecule has 1 saturated heterocycles. The van der Waals surface area contributed by atoms with Gasteiger partial charge in [0.1, 0.15) is 17.5 Å². The molecule has 1 aliphatic rings. The third kappa shape index (κ3) is 7.22. The molecule has 0 aliphatic carbocycles. The van der Waals surface area contributed by atoms with Gasteiger partial charge in [-0.15, -0.1) is 0 Å². The normalized spacial score (nSPS) is 17.3. The summed E-state index contributed by atoms with van der Waals surface area (Å²) in [5.41, 5.74) is 1.78. The van der Waals surface area contributed by atoms with Gasteiger partial charge in [0.15, 0.2) is 6.10 Å². The SMILES string of the molecule is COc1ccc(CNC(=O)C2CC(F)(F)CN2C(=O)C(O)C(Cc2ccccc2)NC(=O)c2cccc(O)c2C)cc1. The topological polar surface area (TPSA) is 128 Å². The van der Waals surface area contributed by atoms with E-state index in [1.54, 1.807) is 61.5 Å². The van der Waals surface area contributed by atoms with Crippen LogP contribution in [0.2, 0.25) is 0 Å². The summed E-state index contributed by atoms with van der Waals surface area (Å²) in [7, 11) is 1.51. The molecule has 4 rings (SSSR count). The second kappa shape index (κ2) is 13.0. The predicted octanol–water partition coefficient (Wildman–Crippen LogP) is 2.96. The highest BCUT2D eigenvalue weighted by molar-refractivity contribution is 5.97. The molecule has 222 valence electrons. The van der Waals surface area contributed by atoms with Gasteiger partial charge in [-0.1, -0.05) is 48.5 Å². The number of nitrogens with one attached hydrogen (secondary N) is 2. The number of benzene rings is 3. The van der Waals surface area contributed by atoms with Gasteiger partial charge in [0.2, 0.25) is 5.91 Å². The van der Waals surface area contributed by atoms with Gasteiger partial charge in [-0.25, -0.2) is 8.78 Å². The minimum Gasteiger partial charge on any atom is -0.508 e. The molecule has 4 N–H and O–H groups in total. The summed E-state index contributed by atoms with van der Waals surface area (Å²) in [5, 5.41) is 26.4. The Kier molecular flexibility index (Phi) is 9.41. The van der Waals surface area contributed by atoms with Crippen molar-refractivity contribution in [2.45, 2.75) is 50.4 Å². The lowest BCUT2D eigenvalue weighted by Gasteiger charge is -2.30. The number of aliphatic hydroxyl groups excluding tert-OH is 1. The number of carbonyl (C=O) groups excluding carboxylic acids is 3. The number of carbonyl (C=O) groups is 3. The quantitative estimate of drug-likeness (QED) is 0.292. The first-order valence-corrected chi connectivity index (χ1v) is 13.4. The number of likely N-dealkylation sites (tertiary alicyclic amines) is 1. The maximum absolute atomic E-state index is 14.6. The minimum atomic E-state index is -3.35. The molecule has 1 aliphatic heterocycles. The van der Waals surface area contributed by atoms with E-state index in [0.29, 0.717) is 27.3 Å². The standard InChI is InChI=1S/C31H33F2N3O6/c1-19-23(9-6-10-26(19)37)28(39)35-24(15-20-7-4-3-5-8-20)27(38)30(41)36-18-31(32,33)16-25(36)29(40)34-17-21-11-13-22(42-2)14-12-21/h3-14,24-25,27,37-38H,15-18H2,1-2H3,(H,34,40)(H,35,39). The second-order valence-electron chi connectivity index (χ2n) is 10.3. The lowest BCUT2D eigenvalue weighted by Crippen LogP contribution is -2.55. The van der Waals surface area contributed by atoms with E-state index in [4.69, 9.17) is 4.74 Å². The summed E-state index contributed by atoms with van der Waals surface area (Å²) in [6.07, 6.45) is -2.86. The van der Waals surface area contributed by atoms with Crippen molar-refractivity contribution in [2.24, 2.45) is 0 Å². The Bertz CT molecular complexity index is 1420. The molecule has 42 heavy (non-hydrogen) atoms. The Balaban J connectivity index is 1.53. The van der Waals surface area contributed by atoms with Crippen LogP contribution in [0.5, 0.6) is 11.5 Å². The van der Waals surface area contributed by atoms with E-state index in [1.807, 2.05) is 0 Å². The average Bonchev–Trinajstić information content (AvgIpc) is 3.32. The monoisotopic (exact) mass is 581 g/mol. The Morgan fingerprint density at radius 2 is 1.71 bits per heavy atom. The van der Waals surface area contributed by atoms with Crippen molar-refractivity contribution in [1.82, 2.24) is 15.5 Å². The molecule has 0 radical (unpaired) electrons. The van der Waals surface area contributed by atoms with E-state index in [-0.39, 0.29) is 24.3 Å². The molecule has 0 saturated carbocycles. The summed E-state index contributed by atoms with van der Waals surface area (Å²) in [5.74, 6) is -5.41. The van der Waals surface area contributed by atoms with Gasteiger partial charge in [0, 0.05) is 24.1 Å². The summed E-state index contributed by atoms with van der Waals surface area (Å²) in [6.45, 7) is 0.520. The Hall–Kier alpha value is -4.51. The number of nitrogens with zero attached hydrogens (tertiary/aromatic N) is 1. The Labute approximate surface area is 242 Å². The number of phenolic OH excluding ortho intramolecular Hbond substituents is 1. The number of aromatic hydroxyl groups is 1. The number of rotatable bonds is 10. The lowest BCUT2D eigenvalue weighted by atomic mass is 9.98. The Morgan fingerprint density at radius 3 is 2.38 bits per heavy atom. The highest BCUT2D eigenvalue weighted by atomic mass is 19.3. The van der Waals surface area contributed by atoms with Crippen molar-refractivity contribution < 1.29 is 38.1 Å². The fourth-order valence-electron chi connectivity index (χ4n) is 4.90. The fraction of sp³-hybridized carbons (Fsp3) is 0.323. The van der Waals surface area contributed by atoms with Crippen molar-refractivity contribution in [3.63, 3.8) is 0 Å². The van der Waals surface area contributed by atoms with Gasteiger partial charge in [-0.3, -0.25) is 14.4 Å². The van der Waals surface area contributed by atoms with Crippen LogP contribution < -0.4 is 15.4 Å². The van der Waals surface area contributed by atoms with Crippen molar-refractivity contribution in [1.29, 1.82) is 0 Å². The lowest BCUT2D eigenvalue weighted by molar-refractivity contribution is -0.147. The number of hydrogen-bond donors (Lipinski definition) is 4. The van der Waals surface area contributed by atoms with Crippen LogP contribution in [-0.4, -0.2) is 70.6 Å². The number of methoxy groups -OCH3 is 1. The van der Waals surface area contributed by atoms with E-state index in [0.717, 1.165) is 0 Å². The smallest absolute Gasteiger partial charge is 0.267 e. The highest BCUT2D eigenvalue weighted by Gasteiger charge is 2.51. The molecule has 0 aromatic heterocycles. The van der Waals surface area contributed by atoms with Crippen molar-refractivity contribution >= 4 is 17.7 Å². The third-order valence-corrected chi connectivity index (χ3v) is 7.28. The van der Waals surface area contributed by atoms with E-state index >= 15 is 0 Å². The number of phenols is 1. The first-order chi connectivity index (χ1) is 20.0. The predicted molar refractivity (Wildman–Crippen MR) is 150 cm³/mol. The molecule has 0 bridgehead atoms. The van der Waals surface area contributed by atoms with Crippen LogP contribution in [0.15, 0.2) is 72.8 Å². The number of halogens is 2. The largest absolute Gasteiger partial charge is 0.508 e. The zero-order valence-electron chi connectivity index (χ0n) is 23.2. The zero-order chi connectivity index (χ0) is 30.4. The molecule has 3 unspecified atom stereocenters. The first-order valence-electron chi connectivity index (χ1n) is 13.4. The molecule has 3 atom stereocenters. The summed E-state index contributed by atoms with van der Waals surface area (Å²) >= 11 is 0. The van der Waals surface area contributed by atoms with Crippen LogP contribution >= 0.6 is 0 Å². The number of hydrogen-bond acceptors (Lipinski definition) is 6. The van der Waals surface area contributed by atoms with Crippen LogP contribution in [-0.2, 0) is 22.6 Å². The molecular formula is C31H33F2N3O6. The molecule has 3 amide bonds. The molecule has 3 aromatic carbocycles. The van der Waals surface area contributed by atoms with E-state index in [9.17, 15) is 33.4 Å². The van der Waals surface area contributed by atoms with Gasteiger partial charge in [0.25, 0.3) is 17.7 Å². The van der Waals surface area contributed by atoms with E-state index in [1.165, 1.54) is 25.3 Å². The zero-order valence-corrected chi connectivity index (χ0v) is 23.2. The number of amides is 3. The number of aliphatic hydroxyl groups is 1. The van der Waals surface area contributed by atoms with Crippen molar-refractivity contribution in [3.8, 4) is 11.5 Å². The van der Waals surface area contributed by atoms with Crippen LogP contribution in [0.4, 0.5) is 8.78 Å². The fourth-order valence-corrected chi connectivity index (χ4v) is 4.90. The number of alkyl halides is 2. The van der Waals surface area contributed by atoms with Crippen LogP contribution in [0.1, 0.15) is 33.5 Å². The highest BCUT2D eigenvalue weighted by Crippen LogP contribution is 2.33. The molecule has 11 heteroatoms. The van der Waals surface area contributed by atoms with Crippen LogP contribution in [0, 0.1) is 6.92 Å². The molecule has 1 heterocycles. The average molecular weight is 582 g/mol. The maximum atomic E-state index is 14.6. The van der Waals surface area contributed by atoms with Crippen molar-refractivity contribution in [2.75, 3.05) is 13.7 Å². The molecule has 3 aromatic rings. The van der Waals surface area contributed by atoms with E-state index < -0.39 is 54.8 Å². The number of ether oxygens (including phenoxy) is 1. The minimum absolute atomic E-state index is 0.00405.